The van der Waals surface area contributed by atoms with E-state index in [2.05, 4.69) is 205 Å². The molecule has 51 heavy (non-hydrogen) atoms. The highest BCUT2D eigenvalue weighted by Crippen LogP contribution is 2.47. The molecule has 0 saturated carbocycles. The van der Waals surface area contributed by atoms with Gasteiger partial charge in [-0.1, -0.05) is 164 Å². The van der Waals surface area contributed by atoms with Crippen LogP contribution in [0.4, 0.5) is 0 Å². The maximum Gasteiger partial charge on any atom is 0.0540 e. The molecule has 0 radical (unpaired) electrons. The molecule has 0 amide bonds. The van der Waals surface area contributed by atoms with E-state index in [0.717, 1.165) is 5.69 Å². The van der Waals surface area contributed by atoms with Crippen LogP contribution in [0, 0.1) is 0 Å². The lowest BCUT2D eigenvalue weighted by Gasteiger charge is -2.20. The quantitative estimate of drug-likeness (QED) is 0.164. The van der Waals surface area contributed by atoms with Gasteiger partial charge in [0.2, 0.25) is 0 Å². The van der Waals surface area contributed by atoms with Gasteiger partial charge in [-0.05, 0) is 108 Å². The lowest BCUT2D eigenvalue weighted by molar-refractivity contribution is 1.13. The zero-order valence-corrected chi connectivity index (χ0v) is 28.0. The monoisotopic (exact) mass is 647 g/mol. The summed E-state index contributed by atoms with van der Waals surface area (Å²) in [5, 5.41) is 8.74. The third-order valence-corrected chi connectivity index (χ3v) is 10.4. The average Bonchev–Trinajstić information content (AvgIpc) is 3.60. The van der Waals surface area contributed by atoms with Gasteiger partial charge in [0.05, 0.1) is 11.2 Å². The summed E-state index contributed by atoms with van der Waals surface area (Å²) in [4.78, 5) is 0. The van der Waals surface area contributed by atoms with E-state index in [9.17, 15) is 0 Å². The molecule has 0 aliphatic heterocycles. The average molecular weight is 648 g/mol. The highest BCUT2D eigenvalue weighted by atomic mass is 15.0. The number of aromatic nitrogens is 1. The predicted molar refractivity (Wildman–Crippen MR) is 218 cm³/mol. The summed E-state index contributed by atoms with van der Waals surface area (Å²) in [6, 6.07) is 73.0. The third kappa shape index (κ3) is 4.86. The van der Waals surface area contributed by atoms with E-state index in [1.165, 1.54) is 87.9 Å². The number of benzene rings is 9. The Labute approximate surface area is 297 Å². The number of nitrogens with zero attached hydrogens (tertiary/aromatic N) is 1. The molecule has 1 nitrogen and oxygen atoms in total. The van der Waals surface area contributed by atoms with Crippen molar-refractivity contribution in [2.24, 2.45) is 0 Å². The maximum atomic E-state index is 2.40. The molecular weight excluding hydrogens is 615 g/mol. The summed E-state index contributed by atoms with van der Waals surface area (Å²) in [7, 11) is 0. The van der Waals surface area contributed by atoms with Gasteiger partial charge in [-0.15, -0.1) is 0 Å². The van der Waals surface area contributed by atoms with E-state index in [-0.39, 0.29) is 0 Å². The van der Waals surface area contributed by atoms with E-state index in [1.54, 1.807) is 0 Å². The summed E-state index contributed by atoms with van der Waals surface area (Å²) >= 11 is 0. The van der Waals surface area contributed by atoms with Gasteiger partial charge in [-0.3, -0.25) is 0 Å². The summed E-state index contributed by atoms with van der Waals surface area (Å²) in [5.74, 6) is 0. The summed E-state index contributed by atoms with van der Waals surface area (Å²) in [5.41, 5.74) is 12.2. The Morgan fingerprint density at radius 1 is 0.294 bits per heavy atom. The smallest absolute Gasteiger partial charge is 0.0540 e. The van der Waals surface area contributed by atoms with Crippen molar-refractivity contribution in [3.8, 4) is 50.3 Å². The Balaban J connectivity index is 1.20. The van der Waals surface area contributed by atoms with Crippen LogP contribution in [0.5, 0.6) is 0 Å². The normalized spacial score (nSPS) is 11.5. The van der Waals surface area contributed by atoms with Crippen LogP contribution in [0.2, 0.25) is 0 Å². The van der Waals surface area contributed by atoms with Gasteiger partial charge in [0.1, 0.15) is 0 Å². The van der Waals surface area contributed by atoms with Gasteiger partial charge < -0.3 is 4.57 Å². The van der Waals surface area contributed by atoms with Crippen LogP contribution in [-0.4, -0.2) is 4.57 Å². The molecule has 0 aliphatic rings. The van der Waals surface area contributed by atoms with Crippen molar-refractivity contribution in [2.75, 3.05) is 0 Å². The minimum Gasteiger partial charge on any atom is -0.309 e. The predicted octanol–water partition coefficient (Wildman–Crippen LogP) is 13.8. The second-order valence-electron chi connectivity index (χ2n) is 13.3. The Morgan fingerprint density at radius 3 is 1.39 bits per heavy atom. The molecule has 0 spiro atoms. The SMILES string of the molecule is c1ccc(-c2cc3ccccc3cc2-c2c3ccccc3c(-c3ccc(-c4cc5ccccc5n4-c4ccccc4)cc3)c3ccccc23)cc1. The highest BCUT2D eigenvalue weighted by molar-refractivity contribution is 6.23. The molecule has 0 bridgehead atoms. The Morgan fingerprint density at radius 2 is 0.765 bits per heavy atom. The first-order valence-electron chi connectivity index (χ1n) is 17.6. The van der Waals surface area contributed by atoms with Crippen molar-refractivity contribution in [2.45, 2.75) is 0 Å². The van der Waals surface area contributed by atoms with Gasteiger partial charge in [0.15, 0.2) is 0 Å². The lowest BCUT2D eigenvalue weighted by atomic mass is 9.83. The third-order valence-electron chi connectivity index (χ3n) is 10.4. The Kier molecular flexibility index (Phi) is 6.89. The van der Waals surface area contributed by atoms with Gasteiger partial charge in [-0.25, -0.2) is 0 Å². The zero-order chi connectivity index (χ0) is 33.7. The van der Waals surface area contributed by atoms with Crippen molar-refractivity contribution in [1.29, 1.82) is 0 Å². The summed E-state index contributed by atoms with van der Waals surface area (Å²) in [6.07, 6.45) is 0. The van der Waals surface area contributed by atoms with E-state index in [1.807, 2.05) is 0 Å². The zero-order valence-electron chi connectivity index (χ0n) is 28.0. The number of rotatable bonds is 5. The molecule has 0 fully saturated rings. The molecule has 1 heterocycles. The first-order chi connectivity index (χ1) is 25.3. The van der Waals surface area contributed by atoms with Gasteiger partial charge in [-0.2, -0.15) is 0 Å². The van der Waals surface area contributed by atoms with Crippen LogP contribution in [0.15, 0.2) is 200 Å². The topological polar surface area (TPSA) is 4.93 Å². The number of hydrogen-bond acceptors (Lipinski definition) is 0. The molecule has 0 saturated heterocycles. The Bertz CT molecular complexity index is 2820. The van der Waals surface area contributed by atoms with Crippen LogP contribution >= 0.6 is 0 Å². The molecule has 0 unspecified atom stereocenters. The maximum absolute atomic E-state index is 2.40. The first kappa shape index (κ1) is 29.2. The van der Waals surface area contributed by atoms with Crippen molar-refractivity contribution >= 4 is 43.2 Å². The highest BCUT2D eigenvalue weighted by Gasteiger charge is 2.20. The van der Waals surface area contributed by atoms with Gasteiger partial charge >= 0.3 is 0 Å². The molecular formula is C50H33N. The van der Waals surface area contributed by atoms with Gasteiger partial charge in [0, 0.05) is 11.1 Å². The van der Waals surface area contributed by atoms with Crippen molar-refractivity contribution in [3.63, 3.8) is 0 Å². The van der Waals surface area contributed by atoms with Crippen LogP contribution in [0.1, 0.15) is 0 Å². The van der Waals surface area contributed by atoms with E-state index in [0.29, 0.717) is 0 Å². The number of para-hydroxylation sites is 2. The minimum atomic E-state index is 1.16. The second-order valence-corrected chi connectivity index (χ2v) is 13.3. The fraction of sp³-hybridized carbons (Fsp3) is 0. The van der Waals surface area contributed by atoms with Crippen LogP contribution in [0.25, 0.3) is 93.5 Å². The summed E-state index contributed by atoms with van der Waals surface area (Å²) in [6.45, 7) is 0. The molecule has 0 aliphatic carbocycles. The van der Waals surface area contributed by atoms with Crippen molar-refractivity contribution < 1.29 is 0 Å². The van der Waals surface area contributed by atoms with E-state index < -0.39 is 0 Å². The molecule has 238 valence electrons. The molecule has 0 atom stereocenters. The first-order valence-corrected chi connectivity index (χ1v) is 17.6. The molecule has 0 N–H and O–H groups in total. The molecule has 1 aromatic heterocycles. The van der Waals surface area contributed by atoms with E-state index >= 15 is 0 Å². The van der Waals surface area contributed by atoms with Crippen LogP contribution in [-0.2, 0) is 0 Å². The summed E-state index contributed by atoms with van der Waals surface area (Å²) < 4.78 is 2.37. The molecule has 10 rings (SSSR count). The fourth-order valence-corrected chi connectivity index (χ4v) is 8.06. The molecule has 9 aromatic carbocycles. The Hall–Kier alpha value is -6.70. The van der Waals surface area contributed by atoms with Crippen molar-refractivity contribution in [3.05, 3.63) is 200 Å². The number of hydrogen-bond donors (Lipinski definition) is 0. The largest absolute Gasteiger partial charge is 0.309 e. The second kappa shape index (κ2) is 12.0. The van der Waals surface area contributed by atoms with E-state index in [4.69, 9.17) is 0 Å². The molecule has 10 aromatic rings. The standard InChI is InChI=1S/C50H33N/c1-3-15-34(16-4-1)45-31-37-17-7-8-18-38(37)32-46(45)50-43-24-12-10-22-41(43)49(42-23-11-13-25-44(42)50)36-29-27-35(28-30-36)48-33-39-19-9-14-26-47(39)51(48)40-20-5-2-6-21-40/h1-33H. The van der Waals surface area contributed by atoms with Gasteiger partial charge in [0.25, 0.3) is 0 Å². The van der Waals surface area contributed by atoms with Crippen LogP contribution in [0.3, 0.4) is 0 Å². The van der Waals surface area contributed by atoms with Crippen molar-refractivity contribution in [1.82, 2.24) is 4.57 Å². The lowest BCUT2D eigenvalue weighted by Crippen LogP contribution is -1.96. The van der Waals surface area contributed by atoms with Crippen LogP contribution < -0.4 is 0 Å². The minimum absolute atomic E-state index is 1.16. The number of fused-ring (bicyclic) bond motifs is 4. The fourth-order valence-electron chi connectivity index (χ4n) is 8.06. The molecule has 1 heteroatoms.